The van der Waals surface area contributed by atoms with Crippen molar-refractivity contribution >= 4 is 5.69 Å². The van der Waals surface area contributed by atoms with Gasteiger partial charge < -0.3 is 0 Å². The molecule has 0 atom stereocenters. The van der Waals surface area contributed by atoms with E-state index in [4.69, 9.17) is 18.1 Å². The second-order valence-corrected chi connectivity index (χ2v) is 2.10. The normalized spacial score (nSPS) is 8.82. The third-order valence-electron chi connectivity index (χ3n) is 1.33. The van der Waals surface area contributed by atoms with E-state index in [2.05, 4.69) is 5.92 Å². The van der Waals surface area contributed by atoms with Crippen LogP contribution >= 0.6 is 0 Å². The van der Waals surface area contributed by atoms with E-state index in [-0.39, 0.29) is 0 Å². The lowest BCUT2D eigenvalue weighted by Crippen LogP contribution is -2.37. The molecular formula is C8H9N3. The van der Waals surface area contributed by atoms with E-state index in [1.165, 1.54) is 0 Å². The van der Waals surface area contributed by atoms with Gasteiger partial charge in [0.25, 0.3) is 0 Å². The van der Waals surface area contributed by atoms with Crippen molar-refractivity contribution in [2.75, 3.05) is 5.12 Å². The van der Waals surface area contributed by atoms with Crippen LogP contribution in [0.2, 0.25) is 0 Å². The highest BCUT2D eigenvalue weighted by Crippen LogP contribution is 2.08. The Bertz CT molecular complexity index is 268. The molecular weight excluding hydrogens is 138 g/mol. The molecule has 0 aliphatic carbocycles. The maximum Gasteiger partial charge on any atom is 0.0697 e. The standard InChI is InChI=1S/C8H9N3/c1-2-7-3-5-8(6-4-7)11(9)10/h1,3-6H,9-10H2. The van der Waals surface area contributed by atoms with Gasteiger partial charge in [-0.3, -0.25) is 0 Å². The molecule has 0 unspecified atom stereocenters. The molecule has 1 aromatic carbocycles. The molecule has 3 nitrogen and oxygen atoms in total. The van der Waals surface area contributed by atoms with E-state index in [1.807, 2.05) is 0 Å². The average molecular weight is 147 g/mol. The Morgan fingerprint density at radius 1 is 1.18 bits per heavy atom. The zero-order valence-electron chi connectivity index (χ0n) is 5.99. The molecule has 11 heavy (non-hydrogen) atoms. The summed E-state index contributed by atoms with van der Waals surface area (Å²) in [7, 11) is 0. The first kappa shape index (κ1) is 7.61. The number of anilines is 1. The molecule has 0 heterocycles. The molecule has 0 saturated carbocycles. The molecule has 0 aliphatic rings. The van der Waals surface area contributed by atoms with Gasteiger partial charge >= 0.3 is 0 Å². The highest BCUT2D eigenvalue weighted by Gasteiger charge is 1.93. The molecule has 1 aromatic rings. The molecule has 3 heteroatoms. The van der Waals surface area contributed by atoms with Crippen LogP contribution in [0, 0.1) is 12.3 Å². The van der Waals surface area contributed by atoms with Gasteiger partial charge in [-0.25, -0.2) is 16.8 Å². The van der Waals surface area contributed by atoms with Gasteiger partial charge in [-0.15, -0.1) is 6.42 Å². The topological polar surface area (TPSA) is 55.3 Å². The van der Waals surface area contributed by atoms with Crippen LogP contribution in [-0.2, 0) is 0 Å². The summed E-state index contributed by atoms with van der Waals surface area (Å²) >= 11 is 0. The Morgan fingerprint density at radius 3 is 2.09 bits per heavy atom. The van der Waals surface area contributed by atoms with E-state index >= 15 is 0 Å². The fourth-order valence-corrected chi connectivity index (χ4v) is 0.730. The summed E-state index contributed by atoms with van der Waals surface area (Å²) in [6.45, 7) is 0. The van der Waals surface area contributed by atoms with Crippen molar-refractivity contribution in [3.63, 3.8) is 0 Å². The van der Waals surface area contributed by atoms with Crippen molar-refractivity contribution in [3.05, 3.63) is 29.8 Å². The van der Waals surface area contributed by atoms with E-state index in [0.717, 1.165) is 16.4 Å². The van der Waals surface area contributed by atoms with Gasteiger partial charge in [-0.05, 0) is 24.3 Å². The van der Waals surface area contributed by atoms with Crippen molar-refractivity contribution < 1.29 is 0 Å². The number of hydrazine groups is 2. The summed E-state index contributed by atoms with van der Waals surface area (Å²) in [5.74, 6) is 13.0. The lowest BCUT2D eigenvalue weighted by atomic mass is 10.2. The first-order valence-electron chi connectivity index (χ1n) is 3.10. The average Bonchev–Trinajstić information content (AvgIpc) is 2.05. The Labute approximate surface area is 65.5 Å². The molecule has 0 bridgehead atoms. The van der Waals surface area contributed by atoms with Crippen molar-refractivity contribution in [2.45, 2.75) is 0 Å². The van der Waals surface area contributed by atoms with Crippen LogP contribution in [0.4, 0.5) is 5.69 Å². The van der Waals surface area contributed by atoms with Crippen LogP contribution in [-0.4, -0.2) is 0 Å². The van der Waals surface area contributed by atoms with Gasteiger partial charge in [0.2, 0.25) is 0 Å². The largest absolute Gasteiger partial charge is 0.247 e. The van der Waals surface area contributed by atoms with Gasteiger partial charge in [0.15, 0.2) is 0 Å². The van der Waals surface area contributed by atoms with Crippen molar-refractivity contribution in [1.82, 2.24) is 0 Å². The number of nitrogens with two attached hydrogens (primary N) is 2. The number of nitrogens with zero attached hydrogens (tertiary/aromatic N) is 1. The van der Waals surface area contributed by atoms with Crippen LogP contribution in [0.5, 0.6) is 0 Å². The third kappa shape index (κ3) is 1.71. The molecule has 0 aromatic heterocycles. The molecule has 0 saturated heterocycles. The molecule has 0 amide bonds. The maximum atomic E-state index is 5.26. The fraction of sp³-hybridized carbons (Fsp3) is 0. The summed E-state index contributed by atoms with van der Waals surface area (Å²) in [6, 6.07) is 7.08. The molecule has 0 spiro atoms. The van der Waals surface area contributed by atoms with Crippen LogP contribution < -0.4 is 16.8 Å². The monoisotopic (exact) mass is 147 g/mol. The lowest BCUT2D eigenvalue weighted by Gasteiger charge is -2.10. The van der Waals surface area contributed by atoms with E-state index in [1.54, 1.807) is 24.3 Å². The number of hydrogen-bond acceptors (Lipinski definition) is 3. The van der Waals surface area contributed by atoms with E-state index < -0.39 is 0 Å². The van der Waals surface area contributed by atoms with Crippen molar-refractivity contribution in [1.29, 1.82) is 0 Å². The van der Waals surface area contributed by atoms with Gasteiger partial charge in [-0.1, -0.05) is 5.92 Å². The molecule has 4 N–H and O–H groups in total. The van der Waals surface area contributed by atoms with Crippen LogP contribution in [0.1, 0.15) is 5.56 Å². The second-order valence-electron chi connectivity index (χ2n) is 2.10. The summed E-state index contributed by atoms with van der Waals surface area (Å²) in [5.41, 5.74) is 1.54. The zero-order valence-corrected chi connectivity index (χ0v) is 5.99. The minimum absolute atomic E-state index is 0.726. The molecule has 0 radical (unpaired) electrons. The highest BCUT2D eigenvalue weighted by molar-refractivity contribution is 5.47. The number of benzene rings is 1. The van der Waals surface area contributed by atoms with Crippen LogP contribution in [0.25, 0.3) is 0 Å². The van der Waals surface area contributed by atoms with Gasteiger partial charge in [0.1, 0.15) is 0 Å². The fourth-order valence-electron chi connectivity index (χ4n) is 0.730. The molecule has 56 valence electrons. The summed E-state index contributed by atoms with van der Waals surface area (Å²) in [4.78, 5) is 0. The van der Waals surface area contributed by atoms with Gasteiger partial charge in [0, 0.05) is 5.56 Å². The van der Waals surface area contributed by atoms with E-state index in [0.29, 0.717) is 0 Å². The first-order valence-corrected chi connectivity index (χ1v) is 3.10. The SMILES string of the molecule is C#Cc1ccc(N(N)N)cc1. The minimum atomic E-state index is 0.726. The van der Waals surface area contributed by atoms with Crippen molar-refractivity contribution in [2.24, 2.45) is 11.7 Å². The number of terminal acetylenes is 1. The zero-order chi connectivity index (χ0) is 8.27. The number of rotatable bonds is 1. The molecule has 0 fully saturated rings. The van der Waals surface area contributed by atoms with Gasteiger partial charge in [0.05, 0.1) is 5.69 Å². The Hall–Kier alpha value is -1.50. The quantitative estimate of drug-likeness (QED) is 0.339. The Kier molecular flexibility index (Phi) is 2.12. The molecule has 0 aliphatic heterocycles. The van der Waals surface area contributed by atoms with Crippen LogP contribution in [0.3, 0.4) is 0 Å². The highest BCUT2D eigenvalue weighted by atomic mass is 15.6. The predicted molar refractivity (Wildman–Crippen MR) is 45.2 cm³/mol. The Balaban J connectivity index is 2.94. The summed E-state index contributed by atoms with van der Waals surface area (Å²) < 4.78 is 0. The third-order valence-corrected chi connectivity index (χ3v) is 1.33. The number of hydrogen-bond donors (Lipinski definition) is 2. The van der Waals surface area contributed by atoms with Crippen LogP contribution in [0.15, 0.2) is 24.3 Å². The summed E-state index contributed by atoms with van der Waals surface area (Å²) in [5, 5.41) is 1.04. The maximum absolute atomic E-state index is 5.26. The van der Waals surface area contributed by atoms with E-state index in [9.17, 15) is 0 Å². The summed E-state index contributed by atoms with van der Waals surface area (Å²) in [6.07, 6.45) is 5.15. The smallest absolute Gasteiger partial charge is 0.0697 e. The lowest BCUT2D eigenvalue weighted by molar-refractivity contribution is 0.925. The second kappa shape index (κ2) is 3.06. The molecule has 1 rings (SSSR count). The van der Waals surface area contributed by atoms with Crippen molar-refractivity contribution in [3.8, 4) is 12.3 Å². The Morgan fingerprint density at radius 2 is 1.73 bits per heavy atom. The first-order chi connectivity index (χ1) is 5.24. The minimum Gasteiger partial charge on any atom is -0.247 e. The predicted octanol–water partition coefficient (Wildman–Crippen LogP) is 0.222. The van der Waals surface area contributed by atoms with Gasteiger partial charge in [-0.2, -0.15) is 0 Å².